The van der Waals surface area contributed by atoms with Gasteiger partial charge in [-0.2, -0.15) is 0 Å². The molecule has 0 radical (unpaired) electrons. The molecule has 0 aliphatic carbocycles. The van der Waals surface area contributed by atoms with E-state index in [9.17, 15) is 0 Å². The van der Waals surface area contributed by atoms with Crippen molar-refractivity contribution in [2.75, 3.05) is 6.54 Å². The summed E-state index contributed by atoms with van der Waals surface area (Å²) in [6.07, 6.45) is 15.6. The summed E-state index contributed by atoms with van der Waals surface area (Å²) >= 11 is 0. The highest BCUT2D eigenvalue weighted by molar-refractivity contribution is 5.00. The lowest BCUT2D eigenvalue weighted by Gasteiger charge is -2.05. The molecule has 0 spiro atoms. The van der Waals surface area contributed by atoms with Gasteiger partial charge in [-0.1, -0.05) is 26.2 Å². The molecule has 2 heteroatoms. The molecule has 0 aromatic rings. The fraction of sp³-hybridized carbons (Fsp3) is 0.583. The number of nitrogens with one attached hydrogen (secondary N) is 1. The molecule has 0 bridgehead atoms. The molecule has 1 aliphatic heterocycles. The van der Waals surface area contributed by atoms with Gasteiger partial charge in [-0.3, -0.25) is 4.90 Å². The maximum Gasteiger partial charge on any atom is 0.0990 e. The average Bonchev–Trinajstić information content (AvgIpc) is 2.74. The van der Waals surface area contributed by atoms with Crippen molar-refractivity contribution in [2.24, 2.45) is 0 Å². The van der Waals surface area contributed by atoms with Crippen LogP contribution in [0.1, 0.15) is 39.0 Å². The first kappa shape index (κ1) is 12.9. The SMILES string of the molecule is CCCCCCC[NH+]1C=CC=C1.[C-]#N. The van der Waals surface area contributed by atoms with E-state index >= 15 is 0 Å². The van der Waals surface area contributed by atoms with E-state index in [0.29, 0.717) is 0 Å². The summed E-state index contributed by atoms with van der Waals surface area (Å²) in [5.74, 6) is 0. The van der Waals surface area contributed by atoms with Crippen LogP contribution in [0.15, 0.2) is 24.6 Å². The Hall–Kier alpha value is -1.07. The van der Waals surface area contributed by atoms with E-state index in [2.05, 4.69) is 31.5 Å². The van der Waals surface area contributed by atoms with Crippen LogP contribution in [0.4, 0.5) is 0 Å². The lowest BCUT2D eigenvalue weighted by Crippen LogP contribution is -3.01. The number of rotatable bonds is 6. The Labute approximate surface area is 87.5 Å². The smallest absolute Gasteiger partial charge is 0.0990 e. The molecule has 1 aliphatic rings. The van der Waals surface area contributed by atoms with Gasteiger partial charge in [0.2, 0.25) is 0 Å². The Balaban J connectivity index is 0.000000791. The second kappa shape index (κ2) is 10.0. The van der Waals surface area contributed by atoms with Gasteiger partial charge in [-0.05, 0) is 25.0 Å². The molecule has 0 atom stereocenters. The largest absolute Gasteiger partial charge is 0.512 e. The van der Waals surface area contributed by atoms with E-state index < -0.39 is 0 Å². The number of unbranched alkanes of at least 4 members (excludes halogenated alkanes) is 4. The number of quaternary nitrogens is 1. The van der Waals surface area contributed by atoms with Crippen LogP contribution >= 0.6 is 0 Å². The molecular formula is C12H20N2. The Bertz CT molecular complexity index is 180. The van der Waals surface area contributed by atoms with Crippen LogP contribution in [-0.4, -0.2) is 6.54 Å². The molecule has 1 rings (SSSR count). The lowest BCUT2D eigenvalue weighted by molar-refractivity contribution is -0.787. The zero-order valence-electron chi connectivity index (χ0n) is 9.00. The molecule has 0 saturated heterocycles. The van der Waals surface area contributed by atoms with Gasteiger partial charge in [0.15, 0.2) is 0 Å². The van der Waals surface area contributed by atoms with E-state index in [4.69, 9.17) is 11.8 Å². The van der Waals surface area contributed by atoms with Crippen molar-refractivity contribution < 1.29 is 4.90 Å². The quantitative estimate of drug-likeness (QED) is 0.506. The van der Waals surface area contributed by atoms with E-state index in [-0.39, 0.29) is 0 Å². The third-order valence-electron chi connectivity index (χ3n) is 2.30. The summed E-state index contributed by atoms with van der Waals surface area (Å²) in [7, 11) is 0. The summed E-state index contributed by atoms with van der Waals surface area (Å²) in [5, 5.41) is 6.25. The van der Waals surface area contributed by atoms with Crippen molar-refractivity contribution in [2.45, 2.75) is 39.0 Å². The molecule has 0 saturated carbocycles. The van der Waals surface area contributed by atoms with Crippen LogP contribution in [0.3, 0.4) is 0 Å². The number of hydrogen-bond donors (Lipinski definition) is 1. The van der Waals surface area contributed by atoms with Gasteiger partial charge in [0.25, 0.3) is 0 Å². The first-order valence-electron chi connectivity index (χ1n) is 5.36. The van der Waals surface area contributed by atoms with Crippen LogP contribution in [0.25, 0.3) is 0 Å². The highest BCUT2D eigenvalue weighted by Gasteiger charge is 2.02. The molecule has 2 nitrogen and oxygen atoms in total. The van der Waals surface area contributed by atoms with Gasteiger partial charge in [0.05, 0.1) is 18.9 Å². The van der Waals surface area contributed by atoms with Gasteiger partial charge in [-0.25, -0.2) is 0 Å². The summed E-state index contributed by atoms with van der Waals surface area (Å²) in [5.41, 5.74) is 0. The monoisotopic (exact) mass is 192 g/mol. The molecule has 78 valence electrons. The first-order chi connectivity index (χ1) is 6.93. The fourth-order valence-electron chi connectivity index (χ4n) is 1.51. The molecule has 0 fully saturated rings. The molecule has 14 heavy (non-hydrogen) atoms. The van der Waals surface area contributed by atoms with Crippen LogP contribution in [0.5, 0.6) is 0 Å². The van der Waals surface area contributed by atoms with E-state index in [1.54, 1.807) is 0 Å². The molecule has 0 unspecified atom stereocenters. The highest BCUT2D eigenvalue weighted by Crippen LogP contribution is 2.00. The summed E-state index contributed by atoms with van der Waals surface area (Å²) in [6, 6.07) is 0. The first-order valence-corrected chi connectivity index (χ1v) is 5.36. The Kier molecular flexibility index (Phi) is 9.25. The molecule has 0 amide bonds. The Morgan fingerprint density at radius 3 is 2.14 bits per heavy atom. The van der Waals surface area contributed by atoms with Crippen LogP contribution in [0.2, 0.25) is 0 Å². The van der Waals surface area contributed by atoms with Gasteiger partial charge in [-0.15, -0.1) is 0 Å². The minimum absolute atomic E-state index is 1.27. The average molecular weight is 192 g/mol. The van der Waals surface area contributed by atoms with E-state index in [0.717, 1.165) is 0 Å². The predicted molar refractivity (Wildman–Crippen MR) is 57.8 cm³/mol. The topological polar surface area (TPSA) is 28.2 Å². The normalized spacial score (nSPS) is 13.9. The summed E-state index contributed by atoms with van der Waals surface area (Å²) in [6.45, 7) is 8.29. The van der Waals surface area contributed by atoms with Crippen LogP contribution in [-0.2, 0) is 0 Å². The van der Waals surface area contributed by atoms with Crippen molar-refractivity contribution in [3.63, 3.8) is 0 Å². The standard InChI is InChI=1S/C11H19N.CN/c1-2-3-4-5-6-9-12-10-7-8-11-12;1-2/h7-8,10-11H,2-6,9H2,1H3;/q;-1/p+1. The zero-order valence-corrected chi connectivity index (χ0v) is 9.00. The Morgan fingerprint density at radius 1 is 1.00 bits per heavy atom. The van der Waals surface area contributed by atoms with Crippen LogP contribution in [0, 0.1) is 11.8 Å². The predicted octanol–water partition coefficient (Wildman–Crippen LogP) is 1.98. The van der Waals surface area contributed by atoms with Crippen molar-refractivity contribution in [3.8, 4) is 0 Å². The lowest BCUT2D eigenvalue weighted by atomic mass is 10.1. The van der Waals surface area contributed by atoms with Gasteiger partial charge >= 0.3 is 0 Å². The second-order valence-electron chi connectivity index (χ2n) is 3.46. The van der Waals surface area contributed by atoms with E-state index in [1.165, 1.54) is 43.5 Å². The maximum atomic E-state index is 6.25. The highest BCUT2D eigenvalue weighted by atomic mass is 15.1. The molecule has 0 aromatic carbocycles. The number of allylic oxidation sites excluding steroid dienone is 2. The number of nitrogens with zero attached hydrogens (tertiary/aromatic N) is 1. The number of hydrogen-bond acceptors (Lipinski definition) is 1. The third kappa shape index (κ3) is 6.45. The van der Waals surface area contributed by atoms with Crippen molar-refractivity contribution in [1.29, 1.82) is 5.26 Å². The second-order valence-corrected chi connectivity index (χ2v) is 3.46. The van der Waals surface area contributed by atoms with Crippen molar-refractivity contribution >= 4 is 0 Å². The zero-order chi connectivity index (χ0) is 10.6. The molecular weight excluding hydrogens is 172 g/mol. The minimum Gasteiger partial charge on any atom is -0.512 e. The van der Waals surface area contributed by atoms with Crippen molar-refractivity contribution in [3.05, 3.63) is 31.1 Å². The molecule has 1 heterocycles. The maximum absolute atomic E-state index is 6.25. The fourth-order valence-corrected chi connectivity index (χ4v) is 1.51. The van der Waals surface area contributed by atoms with Gasteiger partial charge in [0, 0.05) is 0 Å². The minimum atomic E-state index is 1.27. The van der Waals surface area contributed by atoms with Crippen molar-refractivity contribution in [1.82, 2.24) is 0 Å². The summed E-state index contributed by atoms with van der Waals surface area (Å²) in [4.78, 5) is 1.51. The third-order valence-corrected chi connectivity index (χ3v) is 2.30. The summed E-state index contributed by atoms with van der Waals surface area (Å²) < 4.78 is 0. The Morgan fingerprint density at radius 2 is 1.57 bits per heavy atom. The van der Waals surface area contributed by atoms with Crippen LogP contribution < -0.4 is 4.90 Å². The van der Waals surface area contributed by atoms with E-state index in [1.807, 2.05) is 0 Å². The molecule has 0 aromatic heterocycles. The van der Waals surface area contributed by atoms with Gasteiger partial charge < -0.3 is 11.8 Å². The molecule has 1 N–H and O–H groups in total. The van der Waals surface area contributed by atoms with Gasteiger partial charge in [0.1, 0.15) is 0 Å².